The first-order valence-electron chi connectivity index (χ1n) is 7.85. The molecule has 1 aliphatic carbocycles. The summed E-state index contributed by atoms with van der Waals surface area (Å²) in [6.07, 6.45) is 1.72. The second-order valence-electron chi connectivity index (χ2n) is 5.90. The minimum atomic E-state index is -0.0756. The van der Waals surface area contributed by atoms with E-state index in [2.05, 4.69) is 28.5 Å². The van der Waals surface area contributed by atoms with Gasteiger partial charge in [-0.1, -0.05) is 36.4 Å². The van der Waals surface area contributed by atoms with Crippen molar-refractivity contribution >= 4 is 16.8 Å². The number of carbonyl (C=O) groups excluding carboxylic acids is 1. The Balaban J connectivity index is 1.36. The predicted molar refractivity (Wildman–Crippen MR) is 89.6 cm³/mol. The molecule has 1 unspecified atom stereocenters. The van der Waals surface area contributed by atoms with Crippen LogP contribution in [0.5, 0.6) is 5.75 Å². The maximum atomic E-state index is 12.1. The molecule has 0 saturated heterocycles. The van der Waals surface area contributed by atoms with Gasteiger partial charge in [-0.15, -0.1) is 0 Å². The van der Waals surface area contributed by atoms with E-state index in [1.54, 1.807) is 0 Å². The molecule has 1 aromatic heterocycles. The van der Waals surface area contributed by atoms with Crippen LogP contribution < -0.4 is 10.1 Å². The van der Waals surface area contributed by atoms with Gasteiger partial charge in [0.15, 0.2) is 6.61 Å². The molecule has 0 saturated carbocycles. The summed E-state index contributed by atoms with van der Waals surface area (Å²) in [5.41, 5.74) is 3.74. The molecule has 0 bridgehead atoms. The normalized spacial score (nSPS) is 16.3. The van der Waals surface area contributed by atoms with Crippen LogP contribution in [0.25, 0.3) is 10.9 Å². The first kappa shape index (κ1) is 13.9. The van der Waals surface area contributed by atoms with E-state index in [4.69, 9.17) is 4.74 Å². The minimum Gasteiger partial charge on any atom is -0.484 e. The molecule has 0 radical (unpaired) electrons. The van der Waals surface area contributed by atoms with Gasteiger partial charge in [-0.2, -0.15) is 0 Å². The Morgan fingerprint density at radius 3 is 2.74 bits per heavy atom. The number of aromatic amines is 1. The highest BCUT2D eigenvalue weighted by Gasteiger charge is 2.26. The number of hydrogen-bond donors (Lipinski definition) is 2. The van der Waals surface area contributed by atoms with E-state index >= 15 is 0 Å². The predicted octanol–water partition coefficient (Wildman–Crippen LogP) is 2.83. The quantitative estimate of drug-likeness (QED) is 0.779. The van der Waals surface area contributed by atoms with Gasteiger partial charge in [0.05, 0.1) is 0 Å². The van der Waals surface area contributed by atoms with E-state index in [0.29, 0.717) is 5.75 Å². The lowest BCUT2D eigenvalue weighted by Gasteiger charge is -2.13. The van der Waals surface area contributed by atoms with Crippen molar-refractivity contribution in [2.75, 3.05) is 6.61 Å². The van der Waals surface area contributed by atoms with Crippen molar-refractivity contribution in [1.82, 2.24) is 10.3 Å². The van der Waals surface area contributed by atoms with Gasteiger partial charge in [0, 0.05) is 29.1 Å². The topological polar surface area (TPSA) is 54.1 Å². The summed E-state index contributed by atoms with van der Waals surface area (Å²) in [5.74, 6) is 0.638. The number of H-pyrrole nitrogens is 1. The maximum absolute atomic E-state index is 12.1. The van der Waals surface area contributed by atoms with Crippen molar-refractivity contribution in [3.63, 3.8) is 0 Å². The highest BCUT2D eigenvalue weighted by molar-refractivity contribution is 5.86. The highest BCUT2D eigenvalue weighted by Crippen LogP contribution is 2.29. The van der Waals surface area contributed by atoms with Crippen LogP contribution >= 0.6 is 0 Å². The Kier molecular flexibility index (Phi) is 3.50. The lowest BCUT2D eigenvalue weighted by Crippen LogP contribution is -2.38. The van der Waals surface area contributed by atoms with Gasteiger partial charge in [0.1, 0.15) is 5.75 Å². The third kappa shape index (κ3) is 2.80. The van der Waals surface area contributed by atoms with Crippen molar-refractivity contribution in [3.8, 4) is 5.75 Å². The van der Waals surface area contributed by atoms with Crippen molar-refractivity contribution in [2.45, 2.75) is 18.9 Å². The van der Waals surface area contributed by atoms with Crippen LogP contribution in [0.15, 0.2) is 54.6 Å². The Hall–Kier alpha value is -2.75. The summed E-state index contributed by atoms with van der Waals surface area (Å²) in [6, 6.07) is 17.9. The Morgan fingerprint density at radius 2 is 1.87 bits per heavy atom. The number of rotatable bonds is 4. The molecule has 3 aromatic rings. The fourth-order valence-corrected chi connectivity index (χ4v) is 3.27. The summed E-state index contributed by atoms with van der Waals surface area (Å²) >= 11 is 0. The van der Waals surface area contributed by atoms with Crippen molar-refractivity contribution < 1.29 is 9.53 Å². The number of amides is 1. The maximum Gasteiger partial charge on any atom is 0.258 e. The lowest BCUT2D eigenvalue weighted by molar-refractivity contribution is -0.123. The van der Waals surface area contributed by atoms with E-state index in [-0.39, 0.29) is 18.6 Å². The smallest absolute Gasteiger partial charge is 0.258 e. The summed E-state index contributed by atoms with van der Waals surface area (Å²) in [5, 5.41) is 4.33. The van der Waals surface area contributed by atoms with Gasteiger partial charge in [-0.05, 0) is 30.2 Å². The zero-order chi connectivity index (χ0) is 15.6. The van der Waals surface area contributed by atoms with Crippen molar-refractivity contribution in [2.24, 2.45) is 0 Å². The van der Waals surface area contributed by atoms with Crippen LogP contribution in [0.1, 0.15) is 11.3 Å². The molecule has 0 spiro atoms. The number of aromatic nitrogens is 1. The largest absolute Gasteiger partial charge is 0.484 e. The fraction of sp³-hybridized carbons (Fsp3) is 0.211. The summed E-state index contributed by atoms with van der Waals surface area (Å²) in [7, 11) is 0. The van der Waals surface area contributed by atoms with E-state index in [9.17, 15) is 4.79 Å². The second kappa shape index (κ2) is 5.80. The third-order valence-electron chi connectivity index (χ3n) is 4.28. The monoisotopic (exact) mass is 306 g/mol. The molecule has 1 heterocycles. The van der Waals surface area contributed by atoms with Crippen molar-refractivity contribution in [3.05, 3.63) is 65.9 Å². The number of hydrogen-bond acceptors (Lipinski definition) is 2. The molecule has 2 aromatic carbocycles. The average Bonchev–Trinajstić information content (AvgIpc) is 3.11. The first-order chi connectivity index (χ1) is 11.3. The zero-order valence-corrected chi connectivity index (χ0v) is 12.7. The van der Waals surface area contributed by atoms with Gasteiger partial charge in [0.2, 0.25) is 0 Å². The molecule has 1 amide bonds. The lowest BCUT2D eigenvalue weighted by atomic mass is 10.1. The van der Waals surface area contributed by atoms with E-state index < -0.39 is 0 Å². The van der Waals surface area contributed by atoms with E-state index in [1.165, 1.54) is 22.2 Å². The number of nitrogens with one attached hydrogen (secondary N) is 2. The molecule has 4 nitrogen and oxygen atoms in total. The summed E-state index contributed by atoms with van der Waals surface area (Å²) in [6.45, 7) is 0.0508. The zero-order valence-electron chi connectivity index (χ0n) is 12.7. The molecule has 116 valence electrons. The van der Waals surface area contributed by atoms with Crippen LogP contribution in [0.2, 0.25) is 0 Å². The molecule has 1 aliphatic rings. The molecule has 1 atom stereocenters. The fourth-order valence-electron chi connectivity index (χ4n) is 3.27. The molecule has 2 N–H and O–H groups in total. The molecule has 4 heteroatoms. The van der Waals surface area contributed by atoms with Crippen LogP contribution in [0.4, 0.5) is 0 Å². The number of carbonyl (C=O) groups is 1. The Morgan fingerprint density at radius 1 is 1.09 bits per heavy atom. The Labute approximate surface area is 134 Å². The second-order valence-corrected chi connectivity index (χ2v) is 5.90. The van der Waals surface area contributed by atoms with Crippen molar-refractivity contribution in [1.29, 1.82) is 0 Å². The molecular weight excluding hydrogens is 288 g/mol. The van der Waals surface area contributed by atoms with E-state index in [0.717, 1.165) is 12.8 Å². The van der Waals surface area contributed by atoms with Gasteiger partial charge in [-0.3, -0.25) is 4.79 Å². The standard InChI is InChI=1S/C19H18N2O2/c22-19(12-23-14-6-2-1-3-7-14)20-13-10-16-15-8-4-5-9-17(15)21-18(16)11-13/h1-9,13,21H,10-12H2,(H,20,22). The molecule has 23 heavy (non-hydrogen) atoms. The van der Waals surface area contributed by atoms with Gasteiger partial charge >= 0.3 is 0 Å². The van der Waals surface area contributed by atoms with Crippen LogP contribution in [-0.4, -0.2) is 23.5 Å². The van der Waals surface area contributed by atoms with Crippen LogP contribution in [0.3, 0.4) is 0 Å². The summed E-state index contributed by atoms with van der Waals surface area (Å²) < 4.78 is 5.49. The number of ether oxygens (including phenoxy) is 1. The van der Waals surface area contributed by atoms with Gasteiger partial charge < -0.3 is 15.0 Å². The molecule has 0 fully saturated rings. The van der Waals surface area contributed by atoms with Crippen LogP contribution in [0, 0.1) is 0 Å². The highest BCUT2D eigenvalue weighted by atomic mass is 16.5. The molecule has 4 rings (SSSR count). The van der Waals surface area contributed by atoms with E-state index in [1.807, 2.05) is 36.4 Å². The SMILES string of the molecule is O=C(COc1ccccc1)NC1Cc2[nH]c3ccccc3c2C1. The first-order valence-corrected chi connectivity index (χ1v) is 7.85. The third-order valence-corrected chi connectivity index (χ3v) is 4.28. The molecular formula is C19H18N2O2. The number of para-hydroxylation sites is 2. The summed E-state index contributed by atoms with van der Waals surface area (Å²) in [4.78, 5) is 15.5. The van der Waals surface area contributed by atoms with Gasteiger partial charge in [0.25, 0.3) is 5.91 Å². The molecule has 0 aliphatic heterocycles. The average molecular weight is 306 g/mol. The Bertz CT molecular complexity index is 839. The number of fused-ring (bicyclic) bond motifs is 3. The van der Waals surface area contributed by atoms with Crippen LogP contribution in [-0.2, 0) is 17.6 Å². The van der Waals surface area contributed by atoms with Gasteiger partial charge in [-0.25, -0.2) is 0 Å². The number of benzene rings is 2. The minimum absolute atomic E-state index is 0.0508.